The Morgan fingerprint density at radius 2 is 0.957 bits per heavy atom. The van der Waals surface area contributed by atoms with E-state index in [-0.39, 0.29) is 57.8 Å². The Hall–Kier alpha value is 1.11. The molecule has 0 saturated carbocycles. The van der Waals surface area contributed by atoms with Crippen LogP contribution in [-0.2, 0) is 4.79 Å². The van der Waals surface area contributed by atoms with Crippen LogP contribution in [-0.4, -0.2) is 5.97 Å². The summed E-state index contributed by atoms with van der Waals surface area (Å²) in [6.07, 6.45) is 19.9. The number of carboxylic acid groups (broad SMARTS) is 1. The molecule has 23 heavy (non-hydrogen) atoms. The van der Waals surface area contributed by atoms with Gasteiger partial charge < -0.3 is 9.90 Å². The average Bonchev–Trinajstić information content (AvgIpc) is 2.46. The van der Waals surface area contributed by atoms with Crippen LogP contribution in [0.2, 0.25) is 0 Å². The summed E-state index contributed by atoms with van der Waals surface area (Å²) in [5.41, 5.74) is 0. The molecule has 132 valence electrons. The molecule has 0 unspecified atom stereocenters. The van der Waals surface area contributed by atoms with Gasteiger partial charge in [-0.1, -0.05) is 104 Å². The molecule has 3 heteroatoms. The Balaban J connectivity index is 0. The van der Waals surface area contributed by atoms with Crippen molar-refractivity contribution in [2.24, 2.45) is 5.92 Å². The summed E-state index contributed by atoms with van der Waals surface area (Å²) in [6, 6.07) is 0. The molecule has 0 bridgehead atoms. The Labute approximate surface area is 188 Å². The van der Waals surface area contributed by atoms with Crippen LogP contribution in [0.25, 0.3) is 0 Å². The Bertz CT molecular complexity index is 242. The van der Waals surface area contributed by atoms with E-state index in [0.29, 0.717) is 0 Å². The minimum absolute atomic E-state index is 0. The van der Waals surface area contributed by atoms with E-state index < -0.39 is 5.97 Å². The molecular formula is C20H39KO2. The summed E-state index contributed by atoms with van der Waals surface area (Å²) in [7, 11) is 0. The van der Waals surface area contributed by atoms with Crippen molar-refractivity contribution >= 4 is 5.97 Å². The summed E-state index contributed by atoms with van der Waals surface area (Å²) >= 11 is 0. The largest absolute Gasteiger partial charge is 1.00 e. The first kappa shape index (κ1) is 26.3. The van der Waals surface area contributed by atoms with Crippen molar-refractivity contribution in [1.29, 1.82) is 0 Å². The maximum atomic E-state index is 10.2. The second-order valence-corrected chi connectivity index (χ2v) is 7.25. The quantitative estimate of drug-likeness (QED) is 0.299. The van der Waals surface area contributed by atoms with Crippen LogP contribution in [0.3, 0.4) is 0 Å². The fourth-order valence-electron chi connectivity index (χ4n) is 2.94. The third-order valence-electron chi connectivity index (χ3n) is 4.41. The van der Waals surface area contributed by atoms with Gasteiger partial charge in [-0.15, -0.1) is 0 Å². The van der Waals surface area contributed by atoms with Crippen LogP contribution in [0, 0.1) is 5.92 Å². The van der Waals surface area contributed by atoms with Crippen LogP contribution in [0.15, 0.2) is 0 Å². The molecule has 0 saturated heterocycles. The van der Waals surface area contributed by atoms with Gasteiger partial charge in [-0.05, 0) is 18.8 Å². The van der Waals surface area contributed by atoms with Crippen LogP contribution in [0.1, 0.15) is 117 Å². The predicted molar refractivity (Wildman–Crippen MR) is 93.7 cm³/mol. The average molecular weight is 351 g/mol. The first-order valence-corrected chi connectivity index (χ1v) is 9.82. The van der Waals surface area contributed by atoms with Crippen LogP contribution < -0.4 is 56.5 Å². The van der Waals surface area contributed by atoms with Gasteiger partial charge in [-0.25, -0.2) is 0 Å². The van der Waals surface area contributed by atoms with Crippen molar-refractivity contribution in [2.45, 2.75) is 117 Å². The summed E-state index contributed by atoms with van der Waals surface area (Å²) in [6.45, 7) is 4.63. The minimum atomic E-state index is -0.903. The topological polar surface area (TPSA) is 40.1 Å². The SMILES string of the molecule is CC(C)CCCCCCCCCCCCCCCCC(=O)[O-].[K+]. The molecule has 0 amide bonds. The third-order valence-corrected chi connectivity index (χ3v) is 4.41. The summed E-state index contributed by atoms with van der Waals surface area (Å²) < 4.78 is 0. The molecule has 0 fully saturated rings. The van der Waals surface area contributed by atoms with E-state index >= 15 is 0 Å². The molecule has 0 aromatic carbocycles. The minimum Gasteiger partial charge on any atom is -0.550 e. The Morgan fingerprint density at radius 3 is 1.26 bits per heavy atom. The van der Waals surface area contributed by atoms with E-state index in [4.69, 9.17) is 0 Å². The normalized spacial score (nSPS) is 10.7. The number of unbranched alkanes of at least 4 members (excludes halogenated alkanes) is 13. The molecule has 0 aromatic heterocycles. The summed E-state index contributed by atoms with van der Waals surface area (Å²) in [5.74, 6) is -0.0332. The second-order valence-electron chi connectivity index (χ2n) is 7.25. The van der Waals surface area contributed by atoms with Crippen LogP contribution in [0.4, 0.5) is 0 Å². The van der Waals surface area contributed by atoms with E-state index in [1.165, 1.54) is 83.5 Å². The van der Waals surface area contributed by atoms with Crippen molar-refractivity contribution < 1.29 is 61.3 Å². The fraction of sp³-hybridized carbons (Fsp3) is 0.950. The number of hydrogen-bond acceptors (Lipinski definition) is 2. The van der Waals surface area contributed by atoms with Gasteiger partial charge in [-0.2, -0.15) is 0 Å². The predicted octanol–water partition coefficient (Wildman–Crippen LogP) is 2.64. The molecule has 0 N–H and O–H groups in total. The molecule has 0 aliphatic carbocycles. The number of aliphatic carboxylic acids is 1. The summed E-state index contributed by atoms with van der Waals surface area (Å²) in [4.78, 5) is 10.2. The maximum absolute atomic E-state index is 10.2. The standard InChI is InChI=1S/C20H40O2.K/c1-19(2)17-15-13-11-9-7-5-3-4-6-8-10-12-14-16-18-20(21)22;/h19H,3-18H2,1-2H3,(H,21,22);/q;+1/p-1. The van der Waals surface area contributed by atoms with E-state index in [1.54, 1.807) is 0 Å². The zero-order valence-corrected chi connectivity index (χ0v) is 19.3. The molecule has 0 rings (SSSR count). The van der Waals surface area contributed by atoms with Crippen molar-refractivity contribution in [2.75, 3.05) is 0 Å². The van der Waals surface area contributed by atoms with E-state index in [1.807, 2.05) is 0 Å². The Morgan fingerprint density at radius 1 is 0.652 bits per heavy atom. The van der Waals surface area contributed by atoms with Crippen molar-refractivity contribution in [3.05, 3.63) is 0 Å². The zero-order chi connectivity index (χ0) is 16.5. The molecular weight excluding hydrogens is 311 g/mol. The molecule has 0 aromatic rings. The van der Waals surface area contributed by atoms with Gasteiger partial charge in [0.1, 0.15) is 0 Å². The van der Waals surface area contributed by atoms with Gasteiger partial charge in [0.25, 0.3) is 0 Å². The first-order valence-electron chi connectivity index (χ1n) is 9.82. The van der Waals surface area contributed by atoms with Gasteiger partial charge in [0.05, 0.1) is 0 Å². The van der Waals surface area contributed by atoms with Gasteiger partial charge in [0, 0.05) is 5.97 Å². The van der Waals surface area contributed by atoms with E-state index in [0.717, 1.165) is 18.8 Å². The molecule has 0 radical (unpaired) electrons. The van der Waals surface area contributed by atoms with Crippen LogP contribution >= 0.6 is 0 Å². The fourth-order valence-corrected chi connectivity index (χ4v) is 2.94. The first-order chi connectivity index (χ1) is 10.6. The van der Waals surface area contributed by atoms with Crippen molar-refractivity contribution in [1.82, 2.24) is 0 Å². The van der Waals surface area contributed by atoms with Crippen LogP contribution in [0.5, 0.6) is 0 Å². The van der Waals surface area contributed by atoms with Gasteiger partial charge >= 0.3 is 51.4 Å². The molecule has 0 aliphatic rings. The monoisotopic (exact) mass is 350 g/mol. The summed E-state index contributed by atoms with van der Waals surface area (Å²) in [5, 5.41) is 10.2. The zero-order valence-electron chi connectivity index (χ0n) is 16.2. The molecule has 0 atom stereocenters. The maximum Gasteiger partial charge on any atom is 1.00 e. The van der Waals surface area contributed by atoms with E-state index in [9.17, 15) is 9.90 Å². The van der Waals surface area contributed by atoms with Crippen molar-refractivity contribution in [3.63, 3.8) is 0 Å². The molecule has 0 aliphatic heterocycles. The number of rotatable bonds is 17. The van der Waals surface area contributed by atoms with Crippen molar-refractivity contribution in [3.8, 4) is 0 Å². The number of carboxylic acids is 1. The number of hydrogen-bond donors (Lipinski definition) is 0. The number of carbonyl (C=O) groups is 1. The van der Waals surface area contributed by atoms with E-state index in [2.05, 4.69) is 13.8 Å². The molecule has 0 heterocycles. The Kier molecular flexibility index (Phi) is 24.2. The van der Waals surface area contributed by atoms with Gasteiger partial charge in [-0.3, -0.25) is 0 Å². The third kappa shape index (κ3) is 25.5. The molecule has 0 spiro atoms. The smallest absolute Gasteiger partial charge is 0.550 e. The van der Waals surface area contributed by atoms with Gasteiger partial charge in [0.15, 0.2) is 0 Å². The van der Waals surface area contributed by atoms with Gasteiger partial charge in [0.2, 0.25) is 0 Å². The second kappa shape index (κ2) is 21.1. The number of carbonyl (C=O) groups excluding carboxylic acids is 1. The molecule has 2 nitrogen and oxygen atoms in total.